The first kappa shape index (κ1) is 7.21. The van der Waals surface area contributed by atoms with Crippen LogP contribution >= 0.6 is 31.9 Å². The highest BCUT2D eigenvalue weighted by Gasteiger charge is 2.03. The fourth-order valence-corrected chi connectivity index (χ4v) is 1.97. The van der Waals surface area contributed by atoms with E-state index in [1.807, 2.05) is 7.05 Å². The van der Waals surface area contributed by atoms with Gasteiger partial charge >= 0.3 is 0 Å². The van der Waals surface area contributed by atoms with E-state index in [0.29, 0.717) is 0 Å². The summed E-state index contributed by atoms with van der Waals surface area (Å²) in [5, 5.41) is 8.34. The molecule has 0 saturated carbocycles. The number of nitrogens with zero attached hydrogens (tertiary/aromatic N) is 3. The summed E-state index contributed by atoms with van der Waals surface area (Å²) in [7, 11) is 1.86. The number of aromatic nitrogens is 3. The normalized spacial score (nSPS) is 10.1. The Kier molecular flexibility index (Phi) is 2.23. The maximum Gasteiger partial charge on any atom is 0.152 e. The lowest BCUT2D eigenvalue weighted by Gasteiger charge is -1.91. The van der Waals surface area contributed by atoms with Crippen molar-refractivity contribution in [1.82, 2.24) is 15.0 Å². The summed E-state index contributed by atoms with van der Waals surface area (Å²) >= 11 is 6.56. The molecule has 1 rings (SSSR count). The Morgan fingerprint density at radius 3 is 2.56 bits per heavy atom. The zero-order chi connectivity index (χ0) is 6.85. The van der Waals surface area contributed by atoms with Gasteiger partial charge in [0.05, 0.1) is 5.69 Å². The van der Waals surface area contributed by atoms with Gasteiger partial charge in [-0.2, -0.15) is 0 Å². The molecule has 1 aromatic rings. The Hall–Kier alpha value is 0.1000. The van der Waals surface area contributed by atoms with E-state index in [4.69, 9.17) is 0 Å². The molecular weight excluding hydrogens is 250 g/mol. The molecule has 0 unspecified atom stereocenters. The van der Waals surface area contributed by atoms with Crippen LogP contribution in [0, 0.1) is 0 Å². The van der Waals surface area contributed by atoms with Gasteiger partial charge in [0.15, 0.2) is 4.60 Å². The Morgan fingerprint density at radius 1 is 1.67 bits per heavy atom. The Bertz CT molecular complexity index is 188. The van der Waals surface area contributed by atoms with Crippen molar-refractivity contribution in [1.29, 1.82) is 0 Å². The molecule has 0 N–H and O–H groups in total. The number of hydrogen-bond donors (Lipinski definition) is 0. The lowest BCUT2D eigenvalue weighted by Crippen LogP contribution is -1.94. The second-order valence-electron chi connectivity index (χ2n) is 1.58. The van der Waals surface area contributed by atoms with E-state index in [-0.39, 0.29) is 0 Å². The summed E-state index contributed by atoms with van der Waals surface area (Å²) in [5.74, 6) is 0. The maximum atomic E-state index is 3.79. The molecule has 0 fully saturated rings. The molecular formula is C4H5Br2N3. The van der Waals surface area contributed by atoms with Crippen LogP contribution in [0.1, 0.15) is 5.69 Å². The van der Waals surface area contributed by atoms with Crippen LogP contribution in [-0.2, 0) is 12.4 Å². The van der Waals surface area contributed by atoms with E-state index in [1.165, 1.54) is 0 Å². The molecule has 5 heteroatoms. The Morgan fingerprint density at radius 2 is 2.33 bits per heavy atom. The molecule has 50 valence electrons. The van der Waals surface area contributed by atoms with Gasteiger partial charge in [-0.05, 0) is 15.9 Å². The summed E-state index contributed by atoms with van der Waals surface area (Å²) in [6.45, 7) is 0. The van der Waals surface area contributed by atoms with E-state index in [0.717, 1.165) is 15.6 Å². The van der Waals surface area contributed by atoms with Gasteiger partial charge in [-0.1, -0.05) is 21.1 Å². The number of alkyl halides is 1. The van der Waals surface area contributed by atoms with Gasteiger partial charge < -0.3 is 0 Å². The molecule has 0 saturated heterocycles. The molecule has 1 heterocycles. The second kappa shape index (κ2) is 2.79. The summed E-state index contributed by atoms with van der Waals surface area (Å²) in [4.78, 5) is 0. The molecule has 9 heavy (non-hydrogen) atoms. The number of hydrogen-bond acceptors (Lipinski definition) is 2. The van der Waals surface area contributed by atoms with Crippen molar-refractivity contribution in [3.8, 4) is 0 Å². The van der Waals surface area contributed by atoms with Crippen molar-refractivity contribution in [3.63, 3.8) is 0 Å². The summed E-state index contributed by atoms with van der Waals surface area (Å²) in [6.07, 6.45) is 0. The molecule has 0 bridgehead atoms. The lowest BCUT2D eigenvalue weighted by molar-refractivity contribution is 0.694. The highest BCUT2D eigenvalue weighted by molar-refractivity contribution is 9.10. The van der Waals surface area contributed by atoms with Gasteiger partial charge in [0.1, 0.15) is 0 Å². The predicted octanol–water partition coefficient (Wildman–Crippen LogP) is 1.47. The van der Waals surface area contributed by atoms with Crippen LogP contribution in [0.4, 0.5) is 0 Å². The molecule has 0 spiro atoms. The average Bonchev–Trinajstić information content (AvgIpc) is 2.12. The summed E-state index contributed by atoms with van der Waals surface area (Å²) in [5.41, 5.74) is 1.05. The smallest absolute Gasteiger partial charge is 0.152 e. The van der Waals surface area contributed by atoms with E-state index >= 15 is 0 Å². The minimum Gasteiger partial charge on any atom is -0.250 e. The van der Waals surface area contributed by atoms with Gasteiger partial charge in [0, 0.05) is 12.4 Å². The second-order valence-corrected chi connectivity index (χ2v) is 2.90. The molecule has 0 aromatic carbocycles. The highest BCUT2D eigenvalue weighted by Crippen LogP contribution is 2.13. The topological polar surface area (TPSA) is 30.7 Å². The standard InChI is InChI=1S/C4H5Br2N3/c1-9-3(2-5)4(6)7-8-9/h2H2,1H3. The first-order valence-electron chi connectivity index (χ1n) is 2.35. The first-order valence-corrected chi connectivity index (χ1v) is 4.27. The van der Waals surface area contributed by atoms with Gasteiger partial charge in [-0.3, -0.25) is 4.68 Å². The van der Waals surface area contributed by atoms with Gasteiger partial charge in [-0.25, -0.2) is 0 Å². The number of halogens is 2. The quantitative estimate of drug-likeness (QED) is 0.711. The number of aryl methyl sites for hydroxylation is 1. The average molecular weight is 255 g/mol. The van der Waals surface area contributed by atoms with Crippen LogP contribution in [0.3, 0.4) is 0 Å². The fraction of sp³-hybridized carbons (Fsp3) is 0.500. The lowest BCUT2D eigenvalue weighted by atomic mass is 10.5. The van der Waals surface area contributed by atoms with Crippen molar-refractivity contribution in [3.05, 3.63) is 10.3 Å². The zero-order valence-corrected chi connectivity index (χ0v) is 7.98. The molecule has 0 aliphatic heterocycles. The van der Waals surface area contributed by atoms with E-state index < -0.39 is 0 Å². The minimum atomic E-state index is 0.775. The van der Waals surface area contributed by atoms with E-state index in [2.05, 4.69) is 42.2 Å². The van der Waals surface area contributed by atoms with Gasteiger partial charge in [0.2, 0.25) is 0 Å². The van der Waals surface area contributed by atoms with Gasteiger partial charge in [-0.15, -0.1) is 5.10 Å². The van der Waals surface area contributed by atoms with E-state index in [1.54, 1.807) is 4.68 Å². The largest absolute Gasteiger partial charge is 0.250 e. The van der Waals surface area contributed by atoms with Crippen molar-refractivity contribution < 1.29 is 0 Å². The van der Waals surface area contributed by atoms with E-state index in [9.17, 15) is 0 Å². The molecule has 0 atom stereocenters. The van der Waals surface area contributed by atoms with Crippen LogP contribution < -0.4 is 0 Å². The van der Waals surface area contributed by atoms with Gasteiger partial charge in [0.25, 0.3) is 0 Å². The molecule has 3 nitrogen and oxygen atoms in total. The SMILES string of the molecule is Cn1nnc(Br)c1CBr. The van der Waals surface area contributed by atoms with Crippen molar-refractivity contribution in [2.24, 2.45) is 7.05 Å². The third kappa shape index (κ3) is 1.32. The molecule has 0 aliphatic rings. The zero-order valence-electron chi connectivity index (χ0n) is 4.80. The van der Waals surface area contributed by atoms with Crippen molar-refractivity contribution in [2.75, 3.05) is 0 Å². The Labute approximate surface area is 69.7 Å². The third-order valence-corrected chi connectivity index (χ3v) is 2.17. The summed E-state index contributed by atoms with van der Waals surface area (Å²) in [6, 6.07) is 0. The molecule has 1 aromatic heterocycles. The Balaban J connectivity index is 3.07. The van der Waals surface area contributed by atoms with Crippen molar-refractivity contribution >= 4 is 31.9 Å². The minimum absolute atomic E-state index is 0.775. The first-order chi connectivity index (χ1) is 4.25. The molecule has 0 radical (unpaired) electrons. The monoisotopic (exact) mass is 253 g/mol. The molecule has 0 aliphatic carbocycles. The van der Waals surface area contributed by atoms with Crippen LogP contribution in [0.5, 0.6) is 0 Å². The third-order valence-electron chi connectivity index (χ3n) is 1.02. The summed E-state index contributed by atoms with van der Waals surface area (Å²) < 4.78 is 2.53. The van der Waals surface area contributed by atoms with Crippen LogP contribution in [-0.4, -0.2) is 15.0 Å². The maximum absolute atomic E-state index is 3.79. The number of rotatable bonds is 1. The fourth-order valence-electron chi connectivity index (χ4n) is 0.493. The van der Waals surface area contributed by atoms with Crippen LogP contribution in [0.25, 0.3) is 0 Å². The van der Waals surface area contributed by atoms with Crippen LogP contribution in [0.15, 0.2) is 4.60 Å². The van der Waals surface area contributed by atoms with Crippen LogP contribution in [0.2, 0.25) is 0 Å². The highest BCUT2D eigenvalue weighted by atomic mass is 79.9. The predicted molar refractivity (Wildman–Crippen MR) is 41.3 cm³/mol. The van der Waals surface area contributed by atoms with Crippen molar-refractivity contribution in [2.45, 2.75) is 5.33 Å². The molecule has 0 amide bonds.